The Morgan fingerprint density at radius 2 is 0.622 bits per heavy atom. The lowest BCUT2D eigenvalue weighted by atomic mass is 10.0. The first-order valence-electron chi connectivity index (χ1n) is 19.8. The summed E-state index contributed by atoms with van der Waals surface area (Å²) in [5.41, 5.74) is 0. The minimum atomic E-state index is -0.956. The van der Waals surface area contributed by atoms with Gasteiger partial charge < -0.3 is 14.6 Å². The van der Waals surface area contributed by atoms with Gasteiger partial charge in [0, 0.05) is 12.8 Å². The molecule has 0 aliphatic carbocycles. The molecule has 0 aliphatic rings. The Kier molecular flexibility index (Phi) is 33.4. The van der Waals surface area contributed by atoms with Gasteiger partial charge in [-0.15, -0.1) is 0 Å². The maximum absolute atomic E-state index is 12.0. The first-order valence-corrected chi connectivity index (χ1v) is 19.8. The van der Waals surface area contributed by atoms with Crippen molar-refractivity contribution in [3.8, 4) is 0 Å². The summed E-state index contributed by atoms with van der Waals surface area (Å²) in [5, 5.41) is 10.00. The van der Waals surface area contributed by atoms with Gasteiger partial charge in [-0.05, 0) is 24.7 Å². The second-order valence-electron chi connectivity index (χ2n) is 14.7. The summed E-state index contributed by atoms with van der Waals surface area (Å²) in [6.07, 6.45) is 34.5. The zero-order valence-corrected chi connectivity index (χ0v) is 30.7. The average Bonchev–Trinajstić information content (AvgIpc) is 3.00. The van der Waals surface area contributed by atoms with Crippen LogP contribution in [0.2, 0.25) is 0 Å². The molecule has 0 aromatic carbocycles. The van der Waals surface area contributed by atoms with Crippen LogP contribution in [-0.2, 0) is 19.1 Å². The van der Waals surface area contributed by atoms with E-state index in [4.69, 9.17) is 9.47 Å². The molecule has 0 amide bonds. The fraction of sp³-hybridized carbons (Fsp3) is 0.950. The zero-order chi connectivity index (χ0) is 33.2. The van der Waals surface area contributed by atoms with Gasteiger partial charge in [-0.3, -0.25) is 9.59 Å². The number of esters is 2. The molecule has 0 bridgehead atoms. The number of aliphatic hydroxyl groups is 1. The predicted octanol–water partition coefficient (Wildman–Crippen LogP) is 12.1. The summed E-state index contributed by atoms with van der Waals surface area (Å²) in [4.78, 5) is 23.9. The van der Waals surface area contributed by atoms with E-state index in [1.165, 1.54) is 141 Å². The molecular weight excluding hydrogens is 560 g/mol. The molecule has 0 saturated heterocycles. The van der Waals surface area contributed by atoms with Gasteiger partial charge in [0.15, 0.2) is 0 Å². The van der Waals surface area contributed by atoms with Crippen LogP contribution in [0, 0.1) is 11.8 Å². The van der Waals surface area contributed by atoms with Crippen LogP contribution in [0.5, 0.6) is 0 Å². The van der Waals surface area contributed by atoms with E-state index in [2.05, 4.69) is 27.7 Å². The van der Waals surface area contributed by atoms with Gasteiger partial charge in [0.1, 0.15) is 19.3 Å². The molecule has 1 atom stereocenters. The van der Waals surface area contributed by atoms with Crippen molar-refractivity contribution in [3.05, 3.63) is 0 Å². The van der Waals surface area contributed by atoms with Crippen molar-refractivity contribution in [2.75, 3.05) is 13.2 Å². The third-order valence-corrected chi connectivity index (χ3v) is 8.95. The highest BCUT2D eigenvalue weighted by molar-refractivity contribution is 5.69. The van der Waals surface area contributed by atoms with Crippen LogP contribution >= 0.6 is 0 Å². The van der Waals surface area contributed by atoms with Crippen LogP contribution in [0.1, 0.15) is 214 Å². The second kappa shape index (κ2) is 34.2. The normalized spacial score (nSPS) is 12.2. The van der Waals surface area contributed by atoms with Crippen LogP contribution in [0.4, 0.5) is 0 Å². The standard InChI is InChI=1S/C40H78O5/c1-36(2)30-26-22-18-14-11-9-7-5-6-8-10-12-16-20-24-28-32-39(42)44-34-38(41)35-45-40(43)33-29-25-21-17-13-15-19-23-27-31-37(3)4/h36-38,41H,5-35H2,1-4H3/t38-/m1/s1. The number of hydrogen-bond acceptors (Lipinski definition) is 5. The largest absolute Gasteiger partial charge is 0.463 e. The van der Waals surface area contributed by atoms with Gasteiger partial charge >= 0.3 is 11.9 Å². The second-order valence-corrected chi connectivity index (χ2v) is 14.7. The SMILES string of the molecule is CC(C)CCCCCCCCCCCCCCCCCCC(=O)OC[C@@H](O)COC(=O)CCCCCCCCCCCC(C)C. The molecule has 0 unspecified atom stereocenters. The summed E-state index contributed by atoms with van der Waals surface area (Å²) in [6.45, 7) is 9.00. The van der Waals surface area contributed by atoms with Crippen molar-refractivity contribution in [3.63, 3.8) is 0 Å². The van der Waals surface area contributed by atoms with Crippen molar-refractivity contribution in [2.45, 2.75) is 220 Å². The number of unbranched alkanes of at least 4 members (excludes halogenated alkanes) is 23. The zero-order valence-electron chi connectivity index (χ0n) is 30.7. The van der Waals surface area contributed by atoms with Crippen molar-refractivity contribution in [1.82, 2.24) is 0 Å². The number of hydrogen-bond donors (Lipinski definition) is 1. The van der Waals surface area contributed by atoms with Gasteiger partial charge in [0.25, 0.3) is 0 Å². The highest BCUT2D eigenvalue weighted by atomic mass is 16.6. The number of ether oxygens (including phenoxy) is 2. The van der Waals surface area contributed by atoms with E-state index >= 15 is 0 Å². The van der Waals surface area contributed by atoms with Crippen LogP contribution in [-0.4, -0.2) is 36.4 Å². The van der Waals surface area contributed by atoms with Crippen LogP contribution < -0.4 is 0 Å². The molecule has 1 N–H and O–H groups in total. The number of carbonyl (C=O) groups excluding carboxylic acids is 2. The molecule has 0 rings (SSSR count). The number of carbonyl (C=O) groups is 2. The smallest absolute Gasteiger partial charge is 0.305 e. The van der Waals surface area contributed by atoms with Gasteiger partial charge in [0.2, 0.25) is 0 Å². The molecule has 0 saturated carbocycles. The number of aliphatic hydroxyl groups excluding tert-OH is 1. The monoisotopic (exact) mass is 639 g/mol. The topological polar surface area (TPSA) is 72.8 Å². The molecule has 268 valence electrons. The Labute approximate surface area is 280 Å². The van der Waals surface area contributed by atoms with Crippen molar-refractivity contribution in [1.29, 1.82) is 0 Å². The van der Waals surface area contributed by atoms with Crippen molar-refractivity contribution >= 4 is 11.9 Å². The van der Waals surface area contributed by atoms with Gasteiger partial charge in [-0.2, -0.15) is 0 Å². The molecule has 0 heterocycles. The third-order valence-electron chi connectivity index (χ3n) is 8.95. The first kappa shape index (κ1) is 43.9. The van der Waals surface area contributed by atoms with E-state index in [1.54, 1.807) is 0 Å². The lowest BCUT2D eigenvalue weighted by Gasteiger charge is -2.12. The van der Waals surface area contributed by atoms with E-state index in [-0.39, 0.29) is 25.2 Å². The molecule has 5 nitrogen and oxygen atoms in total. The maximum Gasteiger partial charge on any atom is 0.305 e. The molecule has 45 heavy (non-hydrogen) atoms. The highest BCUT2D eigenvalue weighted by Crippen LogP contribution is 2.16. The van der Waals surface area contributed by atoms with E-state index < -0.39 is 6.10 Å². The van der Waals surface area contributed by atoms with Crippen LogP contribution in [0.15, 0.2) is 0 Å². The number of rotatable bonds is 35. The van der Waals surface area contributed by atoms with Crippen LogP contribution in [0.25, 0.3) is 0 Å². The third kappa shape index (κ3) is 37.2. The van der Waals surface area contributed by atoms with Crippen molar-refractivity contribution < 1.29 is 24.2 Å². The molecule has 0 aromatic heterocycles. The molecule has 0 radical (unpaired) electrons. The summed E-state index contributed by atoms with van der Waals surface area (Å²) in [6, 6.07) is 0. The first-order chi connectivity index (χ1) is 21.8. The predicted molar refractivity (Wildman–Crippen MR) is 191 cm³/mol. The fourth-order valence-corrected chi connectivity index (χ4v) is 5.93. The Bertz CT molecular complexity index is 632. The molecule has 5 heteroatoms. The Balaban J connectivity index is 3.37. The summed E-state index contributed by atoms with van der Waals surface area (Å²) >= 11 is 0. The Morgan fingerprint density at radius 1 is 0.400 bits per heavy atom. The van der Waals surface area contributed by atoms with Gasteiger partial charge in [-0.1, -0.05) is 188 Å². The Morgan fingerprint density at radius 3 is 0.867 bits per heavy atom. The lowest BCUT2D eigenvalue weighted by molar-refractivity contribution is -0.152. The average molecular weight is 639 g/mol. The summed E-state index contributed by atoms with van der Waals surface area (Å²) < 4.78 is 10.3. The molecular formula is C40H78O5. The van der Waals surface area contributed by atoms with Gasteiger partial charge in [0.05, 0.1) is 0 Å². The molecule has 0 aromatic rings. The highest BCUT2D eigenvalue weighted by Gasteiger charge is 2.12. The van der Waals surface area contributed by atoms with Crippen LogP contribution in [0.3, 0.4) is 0 Å². The lowest BCUT2D eigenvalue weighted by Crippen LogP contribution is -2.25. The van der Waals surface area contributed by atoms with E-state index in [9.17, 15) is 14.7 Å². The summed E-state index contributed by atoms with van der Waals surface area (Å²) in [5.74, 6) is 1.12. The molecule has 0 spiro atoms. The maximum atomic E-state index is 12.0. The minimum absolute atomic E-state index is 0.109. The van der Waals surface area contributed by atoms with Gasteiger partial charge in [-0.25, -0.2) is 0 Å². The van der Waals surface area contributed by atoms with E-state index in [1.807, 2.05) is 0 Å². The minimum Gasteiger partial charge on any atom is -0.463 e. The van der Waals surface area contributed by atoms with E-state index in [0.29, 0.717) is 12.8 Å². The fourth-order valence-electron chi connectivity index (χ4n) is 5.93. The summed E-state index contributed by atoms with van der Waals surface area (Å²) in [7, 11) is 0. The van der Waals surface area contributed by atoms with Crippen molar-refractivity contribution in [2.24, 2.45) is 11.8 Å². The molecule has 0 aliphatic heterocycles. The Hall–Kier alpha value is -1.10. The van der Waals surface area contributed by atoms with E-state index in [0.717, 1.165) is 43.9 Å². The molecule has 0 fully saturated rings. The quantitative estimate of drug-likeness (QED) is 0.0552.